The first-order chi connectivity index (χ1) is 13.0. The molecule has 0 aliphatic heterocycles. The molecule has 1 heterocycles. The standard InChI is InChI=1S/C18H16BrN3O5/c1-25-3-4-27-17-8-12-10(5-16(17)26-2)18(21-9-20-12)22-13-7-14(23)11(19)6-15(13)24/h5-6,8-9H,3-4,7H2,1-2H3. The Labute approximate surface area is 163 Å². The third kappa shape index (κ3) is 4.20. The first-order valence-electron chi connectivity index (χ1n) is 8.00. The van der Waals surface area contributed by atoms with Gasteiger partial charge in [-0.25, -0.2) is 15.0 Å². The lowest BCUT2D eigenvalue weighted by atomic mass is 10.0. The zero-order valence-corrected chi connectivity index (χ0v) is 16.3. The maximum atomic E-state index is 12.1. The molecule has 0 fully saturated rings. The molecule has 0 saturated carbocycles. The number of carbonyl (C=O) groups excluding carboxylic acids is 2. The van der Waals surface area contributed by atoms with E-state index in [2.05, 4.69) is 30.9 Å². The zero-order valence-electron chi connectivity index (χ0n) is 14.7. The van der Waals surface area contributed by atoms with Crippen molar-refractivity contribution in [3.8, 4) is 11.5 Å². The number of ether oxygens (including phenoxy) is 3. The van der Waals surface area contributed by atoms with Crippen LogP contribution in [0.4, 0.5) is 5.82 Å². The normalized spacial score (nSPS) is 16.0. The average molecular weight is 434 g/mol. The fourth-order valence-corrected chi connectivity index (χ4v) is 2.82. The molecule has 1 aliphatic rings. The SMILES string of the molecule is COCCOc1cc2ncnc(N=C3CC(=O)C(Br)=CC3=O)c2cc1OC. The summed E-state index contributed by atoms with van der Waals surface area (Å²) in [6.07, 6.45) is 2.47. The predicted octanol–water partition coefficient (Wildman–Crippen LogP) is 2.56. The van der Waals surface area contributed by atoms with Gasteiger partial charge in [0.1, 0.15) is 12.9 Å². The van der Waals surface area contributed by atoms with Crippen LogP contribution in [-0.4, -0.2) is 54.7 Å². The van der Waals surface area contributed by atoms with E-state index in [1.807, 2.05) is 0 Å². The molecule has 0 amide bonds. The molecule has 140 valence electrons. The van der Waals surface area contributed by atoms with Crippen molar-refractivity contribution in [2.24, 2.45) is 4.99 Å². The van der Waals surface area contributed by atoms with Crippen molar-refractivity contribution in [3.05, 3.63) is 29.0 Å². The number of aromatic nitrogens is 2. The minimum Gasteiger partial charge on any atom is -0.493 e. The average Bonchev–Trinajstić information content (AvgIpc) is 2.66. The molecule has 0 saturated heterocycles. The minimum atomic E-state index is -0.334. The molecule has 0 spiro atoms. The Kier molecular flexibility index (Phi) is 5.92. The van der Waals surface area contributed by atoms with Gasteiger partial charge in [-0.3, -0.25) is 9.59 Å². The lowest BCUT2D eigenvalue weighted by molar-refractivity contribution is -0.116. The van der Waals surface area contributed by atoms with E-state index in [4.69, 9.17) is 14.2 Å². The first-order valence-corrected chi connectivity index (χ1v) is 8.79. The Morgan fingerprint density at radius 1 is 1.15 bits per heavy atom. The maximum Gasteiger partial charge on any atom is 0.201 e. The van der Waals surface area contributed by atoms with Crippen molar-refractivity contribution in [1.82, 2.24) is 9.97 Å². The van der Waals surface area contributed by atoms with Crippen LogP contribution in [0, 0.1) is 0 Å². The molecule has 2 aromatic rings. The molecule has 8 nitrogen and oxygen atoms in total. The van der Waals surface area contributed by atoms with Gasteiger partial charge in [-0.05, 0) is 22.0 Å². The van der Waals surface area contributed by atoms with Crippen molar-refractivity contribution in [2.75, 3.05) is 27.4 Å². The number of hydrogen-bond acceptors (Lipinski definition) is 8. The Balaban J connectivity index is 2.03. The number of nitrogens with zero attached hydrogens (tertiary/aromatic N) is 3. The van der Waals surface area contributed by atoms with Crippen LogP contribution in [-0.2, 0) is 14.3 Å². The van der Waals surface area contributed by atoms with E-state index in [1.165, 1.54) is 19.5 Å². The molecule has 0 N–H and O–H groups in total. The summed E-state index contributed by atoms with van der Waals surface area (Å²) in [5.41, 5.74) is 0.700. The van der Waals surface area contributed by atoms with E-state index in [9.17, 15) is 9.59 Å². The Morgan fingerprint density at radius 3 is 2.70 bits per heavy atom. The van der Waals surface area contributed by atoms with E-state index in [0.29, 0.717) is 35.6 Å². The summed E-state index contributed by atoms with van der Waals surface area (Å²) in [6, 6.07) is 3.40. The largest absolute Gasteiger partial charge is 0.493 e. The van der Waals surface area contributed by atoms with E-state index < -0.39 is 0 Å². The van der Waals surface area contributed by atoms with E-state index >= 15 is 0 Å². The molecule has 1 aromatic carbocycles. The Bertz CT molecular complexity index is 971. The molecule has 3 rings (SSSR count). The lowest BCUT2D eigenvalue weighted by Crippen LogP contribution is -2.22. The lowest BCUT2D eigenvalue weighted by Gasteiger charge is -2.12. The second kappa shape index (κ2) is 8.36. The number of ketones is 2. The van der Waals surface area contributed by atoms with E-state index in [1.54, 1.807) is 19.2 Å². The molecule has 0 unspecified atom stereocenters. The molecular formula is C18H16BrN3O5. The van der Waals surface area contributed by atoms with Gasteiger partial charge in [-0.2, -0.15) is 0 Å². The second-order valence-corrected chi connectivity index (χ2v) is 6.43. The zero-order chi connectivity index (χ0) is 19.4. The third-order valence-corrected chi connectivity index (χ3v) is 4.49. The summed E-state index contributed by atoms with van der Waals surface area (Å²) in [5.74, 6) is 0.723. The fourth-order valence-electron chi connectivity index (χ4n) is 2.47. The van der Waals surface area contributed by atoms with Crippen molar-refractivity contribution in [2.45, 2.75) is 6.42 Å². The Hall–Kier alpha value is -2.65. The number of fused-ring (bicyclic) bond motifs is 1. The van der Waals surface area contributed by atoms with E-state index in [-0.39, 0.29) is 34.0 Å². The highest BCUT2D eigenvalue weighted by molar-refractivity contribution is 9.12. The molecule has 1 aromatic heterocycles. The summed E-state index contributed by atoms with van der Waals surface area (Å²) in [7, 11) is 3.11. The second-order valence-electron chi connectivity index (χ2n) is 5.57. The number of methoxy groups -OCH3 is 2. The van der Waals surface area contributed by atoms with Gasteiger partial charge in [0.2, 0.25) is 5.78 Å². The maximum absolute atomic E-state index is 12.1. The number of carbonyl (C=O) groups is 2. The van der Waals surface area contributed by atoms with Crippen molar-refractivity contribution in [3.63, 3.8) is 0 Å². The van der Waals surface area contributed by atoms with Gasteiger partial charge >= 0.3 is 0 Å². The number of aliphatic imine (C=N–C) groups is 1. The summed E-state index contributed by atoms with van der Waals surface area (Å²) >= 11 is 3.07. The number of rotatable bonds is 6. The van der Waals surface area contributed by atoms with Gasteiger partial charge in [-0.1, -0.05) is 0 Å². The number of benzene rings is 1. The molecule has 1 aliphatic carbocycles. The molecule has 0 atom stereocenters. The van der Waals surface area contributed by atoms with Crippen LogP contribution in [0.15, 0.2) is 34.0 Å². The van der Waals surface area contributed by atoms with Crippen LogP contribution in [0.3, 0.4) is 0 Å². The van der Waals surface area contributed by atoms with Crippen LogP contribution < -0.4 is 9.47 Å². The van der Waals surface area contributed by atoms with Crippen molar-refractivity contribution in [1.29, 1.82) is 0 Å². The molecule has 0 radical (unpaired) electrons. The quantitative estimate of drug-likeness (QED) is 0.645. The number of halogens is 1. The predicted molar refractivity (Wildman–Crippen MR) is 102 cm³/mol. The first kappa shape index (κ1) is 19.1. The molecular weight excluding hydrogens is 418 g/mol. The van der Waals surface area contributed by atoms with Crippen LogP contribution in [0.5, 0.6) is 11.5 Å². The highest BCUT2D eigenvalue weighted by Gasteiger charge is 2.23. The van der Waals surface area contributed by atoms with Gasteiger partial charge in [0.15, 0.2) is 23.1 Å². The fraction of sp³-hybridized carbons (Fsp3) is 0.278. The smallest absolute Gasteiger partial charge is 0.201 e. The van der Waals surface area contributed by atoms with Crippen LogP contribution >= 0.6 is 15.9 Å². The Morgan fingerprint density at radius 2 is 1.96 bits per heavy atom. The third-order valence-electron chi connectivity index (χ3n) is 3.82. The summed E-state index contributed by atoms with van der Waals surface area (Å²) < 4.78 is 16.3. The number of Topliss-reactive ketones (excluding diaryl/α,β-unsaturated/α-hetero) is 1. The number of hydrogen-bond donors (Lipinski definition) is 0. The van der Waals surface area contributed by atoms with Gasteiger partial charge in [0.05, 0.1) is 35.8 Å². The summed E-state index contributed by atoms with van der Waals surface area (Å²) in [4.78, 5) is 36.7. The van der Waals surface area contributed by atoms with Gasteiger partial charge in [0, 0.05) is 24.6 Å². The van der Waals surface area contributed by atoms with Crippen LogP contribution in [0.2, 0.25) is 0 Å². The molecule has 27 heavy (non-hydrogen) atoms. The van der Waals surface area contributed by atoms with Crippen molar-refractivity contribution >= 4 is 49.9 Å². The highest BCUT2D eigenvalue weighted by atomic mass is 79.9. The molecule has 9 heteroatoms. The monoisotopic (exact) mass is 433 g/mol. The number of allylic oxidation sites excluding steroid dienone is 2. The van der Waals surface area contributed by atoms with Crippen LogP contribution in [0.1, 0.15) is 6.42 Å². The molecule has 0 bridgehead atoms. The van der Waals surface area contributed by atoms with Crippen molar-refractivity contribution < 1.29 is 23.8 Å². The van der Waals surface area contributed by atoms with Gasteiger partial charge in [0.25, 0.3) is 0 Å². The van der Waals surface area contributed by atoms with Gasteiger partial charge < -0.3 is 14.2 Å². The highest BCUT2D eigenvalue weighted by Crippen LogP contribution is 2.35. The van der Waals surface area contributed by atoms with E-state index in [0.717, 1.165) is 0 Å². The summed E-state index contributed by atoms with van der Waals surface area (Å²) in [6.45, 7) is 0.791. The minimum absolute atomic E-state index is 0.0865. The topological polar surface area (TPSA) is 100.0 Å². The summed E-state index contributed by atoms with van der Waals surface area (Å²) in [5, 5.41) is 0.579. The van der Waals surface area contributed by atoms with Crippen LogP contribution in [0.25, 0.3) is 10.9 Å². The van der Waals surface area contributed by atoms with Gasteiger partial charge in [-0.15, -0.1) is 0 Å².